The molecule has 0 aliphatic carbocycles. The van der Waals surface area contributed by atoms with Crippen molar-refractivity contribution in [3.05, 3.63) is 23.8 Å². The van der Waals surface area contributed by atoms with E-state index in [1.807, 2.05) is 20.8 Å². The number of rotatable bonds is 5. The first kappa shape index (κ1) is 16.8. The van der Waals surface area contributed by atoms with Crippen molar-refractivity contribution in [1.82, 2.24) is 5.32 Å². The second-order valence-corrected chi connectivity index (χ2v) is 5.05. The monoisotopic (exact) mass is 293 g/mol. The topological polar surface area (TPSA) is 79.5 Å². The quantitative estimate of drug-likeness (QED) is 0.779. The van der Waals surface area contributed by atoms with Crippen molar-refractivity contribution in [2.75, 3.05) is 23.8 Å². The zero-order chi connectivity index (χ0) is 15.8. The Morgan fingerprint density at radius 2 is 1.81 bits per heavy atom. The summed E-state index contributed by atoms with van der Waals surface area (Å²) in [4.78, 5) is 23.2. The molecule has 116 valence electrons. The van der Waals surface area contributed by atoms with Crippen LogP contribution in [0.4, 0.5) is 21.0 Å². The van der Waals surface area contributed by atoms with Gasteiger partial charge in [-0.15, -0.1) is 0 Å². The Morgan fingerprint density at radius 1 is 1.19 bits per heavy atom. The fraction of sp³-hybridized carbons (Fsp3) is 0.467. The Hall–Kier alpha value is -2.24. The summed E-state index contributed by atoms with van der Waals surface area (Å²) in [5.74, 6) is 0.383. The molecule has 0 heterocycles. The SMILES string of the molecule is CCOC(=O)Nc1cccc(NC(=O)NCC(C)C)c1C. The van der Waals surface area contributed by atoms with Gasteiger partial charge in [0.15, 0.2) is 0 Å². The van der Waals surface area contributed by atoms with Gasteiger partial charge in [-0.2, -0.15) is 0 Å². The van der Waals surface area contributed by atoms with Gasteiger partial charge in [-0.25, -0.2) is 9.59 Å². The molecule has 3 N–H and O–H groups in total. The molecule has 0 aromatic heterocycles. The largest absolute Gasteiger partial charge is 0.450 e. The number of ether oxygens (including phenoxy) is 1. The first-order valence-electron chi connectivity index (χ1n) is 7.02. The molecular weight excluding hydrogens is 270 g/mol. The molecule has 21 heavy (non-hydrogen) atoms. The summed E-state index contributed by atoms with van der Waals surface area (Å²) in [7, 11) is 0. The van der Waals surface area contributed by atoms with Gasteiger partial charge in [-0.05, 0) is 37.5 Å². The number of anilines is 2. The Morgan fingerprint density at radius 3 is 2.38 bits per heavy atom. The fourth-order valence-corrected chi connectivity index (χ4v) is 1.65. The van der Waals surface area contributed by atoms with E-state index in [-0.39, 0.29) is 6.03 Å². The third kappa shape index (κ3) is 5.72. The van der Waals surface area contributed by atoms with Crippen molar-refractivity contribution in [1.29, 1.82) is 0 Å². The van der Waals surface area contributed by atoms with Gasteiger partial charge in [0.25, 0.3) is 0 Å². The minimum Gasteiger partial charge on any atom is -0.450 e. The molecule has 0 aliphatic rings. The zero-order valence-electron chi connectivity index (χ0n) is 12.9. The van der Waals surface area contributed by atoms with Crippen LogP contribution in [0, 0.1) is 12.8 Å². The molecule has 0 fully saturated rings. The van der Waals surface area contributed by atoms with Crippen LogP contribution in [0.1, 0.15) is 26.3 Å². The Kier molecular flexibility index (Phi) is 6.52. The van der Waals surface area contributed by atoms with Gasteiger partial charge >= 0.3 is 12.1 Å². The van der Waals surface area contributed by atoms with Gasteiger partial charge < -0.3 is 15.4 Å². The lowest BCUT2D eigenvalue weighted by atomic mass is 10.1. The van der Waals surface area contributed by atoms with Crippen molar-refractivity contribution >= 4 is 23.5 Å². The first-order valence-corrected chi connectivity index (χ1v) is 7.02. The van der Waals surface area contributed by atoms with Gasteiger partial charge in [-0.3, -0.25) is 5.32 Å². The van der Waals surface area contributed by atoms with Gasteiger partial charge in [0.05, 0.1) is 6.61 Å². The molecule has 0 unspecified atom stereocenters. The molecule has 1 aromatic carbocycles. The molecule has 0 aliphatic heterocycles. The van der Waals surface area contributed by atoms with E-state index >= 15 is 0 Å². The third-order valence-corrected chi connectivity index (χ3v) is 2.77. The molecule has 0 spiro atoms. The van der Waals surface area contributed by atoms with Gasteiger partial charge in [-0.1, -0.05) is 19.9 Å². The normalized spacial score (nSPS) is 10.1. The number of hydrogen-bond donors (Lipinski definition) is 3. The van der Waals surface area contributed by atoms with Gasteiger partial charge in [0.2, 0.25) is 0 Å². The molecule has 3 amide bonds. The van der Waals surface area contributed by atoms with Crippen LogP contribution in [-0.4, -0.2) is 25.3 Å². The van der Waals surface area contributed by atoms with Crippen molar-refractivity contribution < 1.29 is 14.3 Å². The summed E-state index contributed by atoms with van der Waals surface area (Å²) in [6.07, 6.45) is -0.512. The average Bonchev–Trinajstić information content (AvgIpc) is 2.41. The second kappa shape index (κ2) is 8.14. The predicted octanol–water partition coefficient (Wildman–Crippen LogP) is 3.34. The number of urea groups is 1. The van der Waals surface area contributed by atoms with Crippen molar-refractivity contribution in [3.8, 4) is 0 Å². The summed E-state index contributed by atoms with van der Waals surface area (Å²) >= 11 is 0. The second-order valence-electron chi connectivity index (χ2n) is 5.05. The van der Waals surface area contributed by atoms with E-state index in [4.69, 9.17) is 4.74 Å². The van der Waals surface area contributed by atoms with Crippen LogP contribution in [0.3, 0.4) is 0 Å². The third-order valence-electron chi connectivity index (χ3n) is 2.77. The summed E-state index contributed by atoms with van der Waals surface area (Å²) in [6, 6.07) is 5.02. The van der Waals surface area contributed by atoms with Crippen LogP contribution in [0.15, 0.2) is 18.2 Å². The summed E-state index contributed by atoms with van der Waals surface area (Å²) in [6.45, 7) is 8.51. The van der Waals surface area contributed by atoms with Crippen molar-refractivity contribution in [2.24, 2.45) is 5.92 Å². The molecule has 0 radical (unpaired) electrons. The fourth-order valence-electron chi connectivity index (χ4n) is 1.65. The van der Waals surface area contributed by atoms with E-state index in [9.17, 15) is 9.59 Å². The maximum absolute atomic E-state index is 11.8. The Balaban J connectivity index is 2.71. The maximum atomic E-state index is 11.8. The standard InChI is InChI=1S/C15H23N3O3/c1-5-21-15(20)18-13-8-6-7-12(11(13)4)17-14(19)16-9-10(2)3/h6-8,10H,5,9H2,1-4H3,(H,18,20)(H2,16,17,19). The van der Waals surface area contributed by atoms with Crippen LogP contribution in [0.2, 0.25) is 0 Å². The van der Waals surface area contributed by atoms with Crippen LogP contribution >= 0.6 is 0 Å². The number of nitrogens with one attached hydrogen (secondary N) is 3. The minimum absolute atomic E-state index is 0.264. The van der Waals surface area contributed by atoms with E-state index in [0.717, 1.165) is 5.56 Å². The summed E-state index contributed by atoms with van der Waals surface area (Å²) < 4.78 is 4.84. The molecule has 6 heteroatoms. The zero-order valence-corrected chi connectivity index (χ0v) is 12.9. The number of benzene rings is 1. The van der Waals surface area contributed by atoms with Crippen molar-refractivity contribution in [2.45, 2.75) is 27.7 Å². The lowest BCUT2D eigenvalue weighted by molar-refractivity contribution is 0.168. The average molecular weight is 293 g/mol. The molecule has 0 bridgehead atoms. The van der Waals surface area contributed by atoms with Gasteiger partial charge in [0.1, 0.15) is 0 Å². The highest BCUT2D eigenvalue weighted by Crippen LogP contribution is 2.23. The molecule has 0 saturated carbocycles. The Labute approximate surface area is 125 Å². The number of carbonyl (C=O) groups excluding carboxylic acids is 2. The molecule has 1 rings (SSSR count). The van der Waals surface area contributed by atoms with Crippen LogP contribution in [-0.2, 0) is 4.74 Å². The van der Waals surface area contributed by atoms with Crippen LogP contribution < -0.4 is 16.0 Å². The summed E-state index contributed by atoms with van der Waals surface area (Å²) in [5, 5.41) is 8.19. The van der Waals surface area contributed by atoms with Gasteiger partial charge in [0, 0.05) is 17.9 Å². The van der Waals surface area contributed by atoms with Crippen LogP contribution in [0.5, 0.6) is 0 Å². The van der Waals surface area contributed by atoms with E-state index in [2.05, 4.69) is 16.0 Å². The lowest BCUT2D eigenvalue weighted by Gasteiger charge is -2.14. The van der Waals surface area contributed by atoms with Crippen LogP contribution in [0.25, 0.3) is 0 Å². The molecule has 0 saturated heterocycles. The lowest BCUT2D eigenvalue weighted by Crippen LogP contribution is -2.32. The molecule has 1 aromatic rings. The highest BCUT2D eigenvalue weighted by atomic mass is 16.5. The molecular formula is C15H23N3O3. The highest BCUT2D eigenvalue weighted by molar-refractivity contribution is 5.93. The van der Waals surface area contributed by atoms with E-state index in [1.54, 1.807) is 25.1 Å². The van der Waals surface area contributed by atoms with E-state index in [0.29, 0.717) is 30.4 Å². The Bertz CT molecular complexity index is 501. The van der Waals surface area contributed by atoms with Crippen molar-refractivity contribution in [3.63, 3.8) is 0 Å². The van der Waals surface area contributed by atoms with E-state index < -0.39 is 6.09 Å². The smallest absolute Gasteiger partial charge is 0.411 e. The maximum Gasteiger partial charge on any atom is 0.411 e. The predicted molar refractivity (Wildman–Crippen MR) is 83.7 cm³/mol. The molecule has 0 atom stereocenters. The highest BCUT2D eigenvalue weighted by Gasteiger charge is 2.10. The number of carbonyl (C=O) groups is 2. The minimum atomic E-state index is -0.512. The number of amides is 3. The molecule has 6 nitrogen and oxygen atoms in total. The van der Waals surface area contributed by atoms with E-state index in [1.165, 1.54) is 0 Å². The summed E-state index contributed by atoms with van der Waals surface area (Å²) in [5.41, 5.74) is 2.02. The number of hydrogen-bond acceptors (Lipinski definition) is 3. The first-order chi connectivity index (χ1) is 9.93.